The van der Waals surface area contributed by atoms with Crippen LogP contribution in [0.2, 0.25) is 5.02 Å². The number of anilines is 1. The van der Waals surface area contributed by atoms with Gasteiger partial charge in [0.05, 0.1) is 39.1 Å². The summed E-state index contributed by atoms with van der Waals surface area (Å²) in [4.78, 5) is 28.4. The zero-order chi connectivity index (χ0) is 23.7. The zero-order valence-electron chi connectivity index (χ0n) is 17.9. The van der Waals surface area contributed by atoms with Gasteiger partial charge in [-0.15, -0.1) is 0 Å². The number of hydrogen-bond donors (Lipinski definition) is 3. The van der Waals surface area contributed by atoms with E-state index in [0.29, 0.717) is 10.2 Å². The van der Waals surface area contributed by atoms with Gasteiger partial charge in [0, 0.05) is 17.7 Å². The fourth-order valence-corrected chi connectivity index (χ4v) is 5.25. The number of urea groups is 1. The van der Waals surface area contributed by atoms with Gasteiger partial charge in [-0.3, -0.25) is 10.1 Å². The number of aromatic nitrogens is 3. The maximum Gasteiger partial charge on any atom is 0.321 e. The number of amides is 2. The molecule has 3 N–H and O–H groups in total. The van der Waals surface area contributed by atoms with Gasteiger partial charge in [-0.05, 0) is 25.0 Å². The van der Waals surface area contributed by atoms with Crippen LogP contribution in [0.25, 0.3) is 27.5 Å². The summed E-state index contributed by atoms with van der Waals surface area (Å²) in [7, 11) is 0. The number of thiazole rings is 1. The van der Waals surface area contributed by atoms with Crippen molar-refractivity contribution >= 4 is 40.1 Å². The Hall–Kier alpha value is -3.69. The number of benzene rings is 2. The third kappa shape index (κ3) is 4.27. The quantitative estimate of drug-likeness (QED) is 0.350. The highest BCUT2D eigenvalue weighted by Gasteiger charge is 2.30. The molecule has 0 fully saturated rings. The van der Waals surface area contributed by atoms with E-state index in [4.69, 9.17) is 21.8 Å². The Kier molecular flexibility index (Phi) is 6.04. The zero-order valence-corrected chi connectivity index (χ0v) is 19.5. The average Bonchev–Trinajstić information content (AvgIpc) is 3.40. The van der Waals surface area contributed by atoms with Crippen LogP contribution in [0.1, 0.15) is 17.7 Å². The molecule has 0 radical (unpaired) electrons. The van der Waals surface area contributed by atoms with Crippen LogP contribution in [0, 0.1) is 0 Å². The maximum absolute atomic E-state index is 12.2. The summed E-state index contributed by atoms with van der Waals surface area (Å²) in [5.74, 6) is -0.973. The second kappa shape index (κ2) is 9.28. The first-order valence-electron chi connectivity index (χ1n) is 10.7. The summed E-state index contributed by atoms with van der Waals surface area (Å²) >= 11 is 7.91. The van der Waals surface area contributed by atoms with Crippen LogP contribution >= 0.6 is 22.9 Å². The van der Waals surface area contributed by atoms with E-state index in [1.807, 2.05) is 59.3 Å². The molecular formula is C24H20ClN5O3S. The van der Waals surface area contributed by atoms with Crippen LogP contribution in [0.15, 0.2) is 54.6 Å². The molecule has 0 saturated heterocycles. The fourth-order valence-electron chi connectivity index (χ4n) is 3.97. The van der Waals surface area contributed by atoms with Crippen LogP contribution in [0.5, 0.6) is 0 Å². The van der Waals surface area contributed by atoms with Crippen molar-refractivity contribution in [3.05, 3.63) is 70.9 Å². The molecule has 1 aliphatic carbocycles. The number of para-hydroxylation sites is 1. The number of carbonyl (C=O) groups excluding carboxylic acids is 1. The molecule has 0 bridgehead atoms. The van der Waals surface area contributed by atoms with Gasteiger partial charge < -0.3 is 10.4 Å². The van der Waals surface area contributed by atoms with Gasteiger partial charge in [0.1, 0.15) is 0 Å². The molecule has 2 aromatic heterocycles. The Labute approximate surface area is 204 Å². The Morgan fingerprint density at radius 2 is 1.85 bits per heavy atom. The van der Waals surface area contributed by atoms with Crippen LogP contribution in [0.3, 0.4) is 0 Å². The molecule has 0 aliphatic heterocycles. The lowest BCUT2D eigenvalue weighted by molar-refractivity contribution is -0.136. The van der Waals surface area contributed by atoms with E-state index in [0.717, 1.165) is 51.6 Å². The number of rotatable bonds is 6. The van der Waals surface area contributed by atoms with Crippen molar-refractivity contribution in [2.45, 2.75) is 19.3 Å². The van der Waals surface area contributed by atoms with E-state index in [1.165, 1.54) is 11.3 Å². The number of nitrogens with one attached hydrogen (secondary N) is 2. The number of aryl methyl sites for hydroxylation is 1. The molecule has 2 heterocycles. The highest BCUT2D eigenvalue weighted by atomic mass is 35.5. The number of nitrogens with zero attached hydrogens (tertiary/aromatic N) is 3. The van der Waals surface area contributed by atoms with Crippen molar-refractivity contribution in [2.75, 3.05) is 11.9 Å². The van der Waals surface area contributed by atoms with Gasteiger partial charge >= 0.3 is 12.0 Å². The second-order valence-corrected chi connectivity index (χ2v) is 9.13. The molecule has 0 atom stereocenters. The summed E-state index contributed by atoms with van der Waals surface area (Å²) in [5.41, 5.74) is 5.60. The number of hydrogen-bond acceptors (Lipinski definition) is 5. The highest BCUT2D eigenvalue weighted by Crippen LogP contribution is 2.44. The lowest BCUT2D eigenvalue weighted by Gasteiger charge is -2.14. The van der Waals surface area contributed by atoms with Crippen LogP contribution in [0.4, 0.5) is 9.93 Å². The van der Waals surface area contributed by atoms with Gasteiger partial charge in [0.15, 0.2) is 5.13 Å². The molecule has 10 heteroatoms. The van der Waals surface area contributed by atoms with Gasteiger partial charge in [0.25, 0.3) is 0 Å². The largest absolute Gasteiger partial charge is 0.481 e. The lowest BCUT2D eigenvalue weighted by atomic mass is 9.95. The predicted octanol–water partition coefficient (Wildman–Crippen LogP) is 5.01. The van der Waals surface area contributed by atoms with Crippen molar-refractivity contribution in [2.24, 2.45) is 0 Å². The topological polar surface area (TPSA) is 109 Å². The number of carboxylic acid groups (broad SMARTS) is 1. The van der Waals surface area contributed by atoms with Crippen molar-refractivity contribution in [1.29, 1.82) is 0 Å². The molecule has 2 aromatic carbocycles. The minimum absolute atomic E-state index is 0.0378. The standard InChI is InChI=1S/C24H20ClN5O3S/c25-16-8-4-5-9-18(16)30-21-15(20(29-30)14-6-2-1-3-7-14)10-11-17-22(21)34-24(27-17)28-23(33)26-13-12-19(31)32/h1-9H,10-13H2,(H,31,32)(H2,26,27,28,33). The number of aliphatic carboxylic acids is 1. The molecule has 2 amide bonds. The van der Waals surface area contributed by atoms with E-state index in [1.54, 1.807) is 0 Å². The SMILES string of the molecule is O=C(O)CCNC(=O)Nc1nc2c(s1)-c1c(c(-c3ccccc3)nn1-c1ccccc1Cl)CC2. The molecule has 5 rings (SSSR count). The third-order valence-electron chi connectivity index (χ3n) is 5.48. The van der Waals surface area contributed by atoms with E-state index in [9.17, 15) is 9.59 Å². The molecular weight excluding hydrogens is 474 g/mol. The minimum Gasteiger partial charge on any atom is -0.481 e. The Bertz CT molecular complexity index is 1380. The molecule has 0 unspecified atom stereocenters. The van der Waals surface area contributed by atoms with Gasteiger partial charge in [0.2, 0.25) is 0 Å². The molecule has 34 heavy (non-hydrogen) atoms. The lowest BCUT2D eigenvalue weighted by Crippen LogP contribution is -2.30. The smallest absolute Gasteiger partial charge is 0.321 e. The number of carbonyl (C=O) groups is 2. The Balaban J connectivity index is 1.55. The fraction of sp³-hybridized carbons (Fsp3) is 0.167. The minimum atomic E-state index is -0.973. The van der Waals surface area contributed by atoms with E-state index < -0.39 is 12.0 Å². The summed E-state index contributed by atoms with van der Waals surface area (Å²) in [6, 6.07) is 17.1. The monoisotopic (exact) mass is 493 g/mol. The van der Waals surface area contributed by atoms with E-state index in [2.05, 4.69) is 15.6 Å². The number of carboxylic acids is 1. The number of fused-ring (bicyclic) bond motifs is 3. The van der Waals surface area contributed by atoms with Crippen LogP contribution in [-0.2, 0) is 17.6 Å². The van der Waals surface area contributed by atoms with Crippen LogP contribution in [-0.4, -0.2) is 38.4 Å². The normalized spacial score (nSPS) is 12.0. The molecule has 8 nitrogen and oxygen atoms in total. The summed E-state index contributed by atoms with van der Waals surface area (Å²) in [5, 5.41) is 20.0. The highest BCUT2D eigenvalue weighted by molar-refractivity contribution is 7.19. The van der Waals surface area contributed by atoms with Crippen molar-refractivity contribution in [1.82, 2.24) is 20.1 Å². The van der Waals surface area contributed by atoms with Crippen LogP contribution < -0.4 is 10.6 Å². The van der Waals surface area contributed by atoms with Crippen molar-refractivity contribution in [3.8, 4) is 27.5 Å². The summed E-state index contributed by atoms with van der Waals surface area (Å²) in [6.45, 7) is 0.0378. The molecule has 0 saturated carbocycles. The molecule has 1 aliphatic rings. The van der Waals surface area contributed by atoms with E-state index >= 15 is 0 Å². The van der Waals surface area contributed by atoms with Gasteiger partial charge in [-0.25, -0.2) is 14.5 Å². The third-order valence-corrected chi connectivity index (χ3v) is 6.82. The number of halogens is 1. The maximum atomic E-state index is 12.2. The first-order valence-corrected chi connectivity index (χ1v) is 11.9. The summed E-state index contributed by atoms with van der Waals surface area (Å²) < 4.78 is 1.87. The van der Waals surface area contributed by atoms with Gasteiger partial charge in [-0.1, -0.05) is 65.4 Å². The predicted molar refractivity (Wildman–Crippen MR) is 132 cm³/mol. The summed E-state index contributed by atoms with van der Waals surface area (Å²) in [6.07, 6.45) is 1.32. The molecule has 172 valence electrons. The second-order valence-electron chi connectivity index (χ2n) is 7.72. The molecule has 0 spiro atoms. The first kappa shape index (κ1) is 22.1. The average molecular weight is 494 g/mol. The molecule has 4 aromatic rings. The van der Waals surface area contributed by atoms with Crippen molar-refractivity contribution in [3.63, 3.8) is 0 Å². The van der Waals surface area contributed by atoms with E-state index in [-0.39, 0.29) is 13.0 Å². The Morgan fingerprint density at radius 3 is 2.62 bits per heavy atom. The van der Waals surface area contributed by atoms with Crippen molar-refractivity contribution < 1.29 is 14.7 Å². The Morgan fingerprint density at radius 1 is 1.09 bits per heavy atom. The van der Waals surface area contributed by atoms with Gasteiger partial charge in [-0.2, -0.15) is 5.10 Å². The first-order chi connectivity index (χ1) is 16.5.